The molecule has 0 aliphatic carbocycles. The van der Waals surface area contributed by atoms with E-state index in [-0.39, 0.29) is 19.0 Å². The minimum absolute atomic E-state index is 0.0573. The number of amides is 2. The first-order valence-electron chi connectivity index (χ1n) is 5.80. The summed E-state index contributed by atoms with van der Waals surface area (Å²) in [5.41, 5.74) is 5.19. The van der Waals surface area contributed by atoms with Crippen molar-refractivity contribution in [3.63, 3.8) is 0 Å². The fraction of sp³-hybridized carbons (Fsp3) is 0.727. The van der Waals surface area contributed by atoms with Crippen molar-refractivity contribution >= 4 is 17.8 Å². The minimum atomic E-state index is -0.698. The monoisotopic (exact) mass is 259 g/mol. The van der Waals surface area contributed by atoms with Gasteiger partial charge in [0.15, 0.2) is 0 Å². The van der Waals surface area contributed by atoms with Crippen molar-refractivity contribution in [3.05, 3.63) is 0 Å². The SMILES string of the molecule is CC[C@H](C)[C@H](NC(=O)CN)C(=O)NCC(=O)OC. The molecule has 4 N–H and O–H groups in total. The smallest absolute Gasteiger partial charge is 0.325 e. The van der Waals surface area contributed by atoms with Gasteiger partial charge in [-0.25, -0.2) is 0 Å². The highest BCUT2D eigenvalue weighted by Crippen LogP contribution is 2.07. The van der Waals surface area contributed by atoms with Gasteiger partial charge in [0.2, 0.25) is 11.8 Å². The van der Waals surface area contributed by atoms with Crippen molar-refractivity contribution in [1.82, 2.24) is 10.6 Å². The van der Waals surface area contributed by atoms with Gasteiger partial charge < -0.3 is 21.1 Å². The molecule has 0 aromatic heterocycles. The normalized spacial score (nSPS) is 13.3. The van der Waals surface area contributed by atoms with Gasteiger partial charge in [-0.05, 0) is 5.92 Å². The number of esters is 1. The lowest BCUT2D eigenvalue weighted by atomic mass is 9.98. The second-order valence-electron chi connectivity index (χ2n) is 3.93. The van der Waals surface area contributed by atoms with Crippen molar-refractivity contribution in [1.29, 1.82) is 0 Å². The van der Waals surface area contributed by atoms with Gasteiger partial charge in [0, 0.05) is 0 Å². The third-order valence-corrected chi connectivity index (χ3v) is 2.63. The highest BCUT2D eigenvalue weighted by atomic mass is 16.5. The van der Waals surface area contributed by atoms with Gasteiger partial charge in [0.25, 0.3) is 0 Å². The van der Waals surface area contributed by atoms with E-state index in [0.717, 1.165) is 0 Å². The van der Waals surface area contributed by atoms with E-state index in [2.05, 4.69) is 15.4 Å². The Morgan fingerprint density at radius 3 is 2.39 bits per heavy atom. The van der Waals surface area contributed by atoms with Gasteiger partial charge in [-0.2, -0.15) is 0 Å². The van der Waals surface area contributed by atoms with Crippen LogP contribution in [0.15, 0.2) is 0 Å². The standard InChI is InChI=1S/C11H21N3O4/c1-4-7(2)10(14-8(15)5-12)11(17)13-6-9(16)18-3/h7,10H,4-6,12H2,1-3H3,(H,13,17)(H,14,15)/t7-,10-/m0/s1. The average Bonchev–Trinajstić information content (AvgIpc) is 2.40. The molecule has 0 fully saturated rings. The number of hydrogen-bond acceptors (Lipinski definition) is 5. The number of nitrogens with two attached hydrogens (primary N) is 1. The van der Waals surface area contributed by atoms with Crippen LogP contribution in [0.3, 0.4) is 0 Å². The van der Waals surface area contributed by atoms with Gasteiger partial charge in [-0.15, -0.1) is 0 Å². The number of carbonyl (C=O) groups excluding carboxylic acids is 3. The summed E-state index contributed by atoms with van der Waals surface area (Å²) in [4.78, 5) is 34.0. The molecule has 0 heterocycles. The van der Waals surface area contributed by atoms with Crippen LogP contribution in [0, 0.1) is 5.92 Å². The van der Waals surface area contributed by atoms with Crippen LogP contribution in [0.4, 0.5) is 0 Å². The molecule has 104 valence electrons. The zero-order valence-corrected chi connectivity index (χ0v) is 11.0. The molecule has 7 nitrogen and oxygen atoms in total. The molecule has 0 saturated heterocycles. The Labute approximate surface area is 106 Å². The lowest BCUT2D eigenvalue weighted by Crippen LogP contribution is -2.52. The molecule has 18 heavy (non-hydrogen) atoms. The summed E-state index contributed by atoms with van der Waals surface area (Å²) in [6.45, 7) is 3.33. The van der Waals surface area contributed by atoms with E-state index in [9.17, 15) is 14.4 Å². The van der Waals surface area contributed by atoms with Crippen LogP contribution in [0.1, 0.15) is 20.3 Å². The quantitative estimate of drug-likeness (QED) is 0.496. The Hall–Kier alpha value is -1.63. The third-order valence-electron chi connectivity index (χ3n) is 2.63. The number of nitrogens with one attached hydrogen (secondary N) is 2. The molecule has 0 radical (unpaired) electrons. The van der Waals surface area contributed by atoms with Gasteiger partial charge in [-0.3, -0.25) is 14.4 Å². The third kappa shape index (κ3) is 5.62. The fourth-order valence-corrected chi connectivity index (χ4v) is 1.28. The summed E-state index contributed by atoms with van der Waals surface area (Å²) in [6, 6.07) is -0.698. The van der Waals surface area contributed by atoms with E-state index in [0.29, 0.717) is 6.42 Å². The molecule has 0 spiro atoms. The Morgan fingerprint density at radius 1 is 1.33 bits per heavy atom. The van der Waals surface area contributed by atoms with Crippen LogP contribution in [0.5, 0.6) is 0 Å². The van der Waals surface area contributed by atoms with Gasteiger partial charge >= 0.3 is 5.97 Å². The van der Waals surface area contributed by atoms with Crippen LogP contribution in [0.25, 0.3) is 0 Å². The minimum Gasteiger partial charge on any atom is -0.468 e. The van der Waals surface area contributed by atoms with Crippen molar-refractivity contribution in [2.24, 2.45) is 11.7 Å². The van der Waals surface area contributed by atoms with Crippen LogP contribution >= 0.6 is 0 Å². The number of hydrogen-bond donors (Lipinski definition) is 3. The highest BCUT2D eigenvalue weighted by molar-refractivity contribution is 5.90. The second kappa shape index (κ2) is 8.46. The maximum absolute atomic E-state index is 11.8. The molecule has 2 amide bonds. The molecule has 0 unspecified atom stereocenters. The molecular formula is C11H21N3O4. The highest BCUT2D eigenvalue weighted by Gasteiger charge is 2.25. The van der Waals surface area contributed by atoms with Crippen molar-refractivity contribution in [3.8, 4) is 0 Å². The first-order valence-corrected chi connectivity index (χ1v) is 5.80. The summed E-state index contributed by atoms with van der Waals surface area (Å²) < 4.78 is 4.41. The van der Waals surface area contributed by atoms with Gasteiger partial charge in [-0.1, -0.05) is 20.3 Å². The summed E-state index contributed by atoms with van der Waals surface area (Å²) >= 11 is 0. The van der Waals surface area contributed by atoms with Crippen LogP contribution in [0.2, 0.25) is 0 Å². The van der Waals surface area contributed by atoms with Crippen molar-refractivity contribution < 1.29 is 19.1 Å². The average molecular weight is 259 g/mol. The topological polar surface area (TPSA) is 111 Å². The number of ether oxygens (including phenoxy) is 1. The van der Waals surface area contributed by atoms with Crippen LogP contribution < -0.4 is 16.4 Å². The van der Waals surface area contributed by atoms with Crippen molar-refractivity contribution in [2.45, 2.75) is 26.3 Å². The zero-order valence-electron chi connectivity index (χ0n) is 11.0. The Bertz CT molecular complexity index is 307. The molecule has 0 aromatic carbocycles. The fourth-order valence-electron chi connectivity index (χ4n) is 1.28. The van der Waals surface area contributed by atoms with E-state index in [1.165, 1.54) is 7.11 Å². The maximum atomic E-state index is 11.8. The molecule has 7 heteroatoms. The molecule has 0 bridgehead atoms. The van der Waals surface area contributed by atoms with Gasteiger partial charge in [0.05, 0.1) is 13.7 Å². The Kier molecular flexibility index (Phi) is 7.69. The van der Waals surface area contributed by atoms with Crippen LogP contribution in [-0.4, -0.2) is 44.0 Å². The van der Waals surface area contributed by atoms with E-state index in [4.69, 9.17) is 5.73 Å². The van der Waals surface area contributed by atoms with E-state index in [1.807, 2.05) is 13.8 Å². The van der Waals surface area contributed by atoms with E-state index in [1.54, 1.807) is 0 Å². The summed E-state index contributed by atoms with van der Waals surface area (Å²) in [6.07, 6.45) is 0.709. The van der Waals surface area contributed by atoms with E-state index < -0.39 is 23.8 Å². The lowest BCUT2D eigenvalue weighted by Gasteiger charge is -2.23. The predicted molar refractivity (Wildman–Crippen MR) is 65.5 cm³/mol. The first-order chi connectivity index (χ1) is 8.46. The maximum Gasteiger partial charge on any atom is 0.325 e. The molecule has 2 atom stereocenters. The summed E-state index contributed by atoms with van der Waals surface area (Å²) in [7, 11) is 1.23. The van der Waals surface area contributed by atoms with E-state index >= 15 is 0 Å². The Balaban J connectivity index is 4.49. The molecule has 0 aromatic rings. The molecule has 0 aliphatic rings. The van der Waals surface area contributed by atoms with Crippen LogP contribution in [-0.2, 0) is 19.1 Å². The molecular weight excluding hydrogens is 238 g/mol. The predicted octanol–water partition coefficient (Wildman–Crippen LogP) is -1.23. The summed E-state index contributed by atoms with van der Waals surface area (Å²) in [5.74, 6) is -1.43. The second-order valence-corrected chi connectivity index (χ2v) is 3.93. The zero-order chi connectivity index (χ0) is 14.1. The first kappa shape index (κ1) is 16.4. The number of rotatable bonds is 7. The largest absolute Gasteiger partial charge is 0.468 e. The molecule has 0 rings (SSSR count). The van der Waals surface area contributed by atoms with Crippen molar-refractivity contribution in [2.75, 3.05) is 20.2 Å². The molecule has 0 aliphatic heterocycles. The van der Waals surface area contributed by atoms with Gasteiger partial charge in [0.1, 0.15) is 12.6 Å². The number of methoxy groups -OCH3 is 1. The number of carbonyl (C=O) groups is 3. The molecule has 0 saturated carbocycles. The summed E-state index contributed by atoms with van der Waals surface area (Å²) in [5, 5.41) is 4.94. The Morgan fingerprint density at radius 2 is 1.94 bits per heavy atom. The lowest BCUT2D eigenvalue weighted by molar-refractivity contribution is -0.141.